The minimum absolute atomic E-state index is 0.0923. The van der Waals surface area contributed by atoms with E-state index in [0.29, 0.717) is 32.4 Å². The molecule has 1 aliphatic heterocycles. The second-order valence-electron chi connectivity index (χ2n) is 5.96. The molecule has 1 unspecified atom stereocenters. The smallest absolute Gasteiger partial charge is 0.310 e. The summed E-state index contributed by atoms with van der Waals surface area (Å²) in [6.07, 6.45) is 5.36. The summed E-state index contributed by atoms with van der Waals surface area (Å²) in [4.78, 5) is 25.5. The van der Waals surface area contributed by atoms with Crippen molar-refractivity contribution in [3.63, 3.8) is 0 Å². The number of rotatable bonds is 3. The first-order valence-corrected chi connectivity index (χ1v) is 7.23. The van der Waals surface area contributed by atoms with E-state index in [2.05, 4.69) is 0 Å². The summed E-state index contributed by atoms with van der Waals surface area (Å²) in [5.41, 5.74) is -0.874. The first kappa shape index (κ1) is 14.3. The Morgan fingerprint density at radius 1 is 1.16 bits per heavy atom. The van der Waals surface area contributed by atoms with Crippen LogP contribution in [-0.4, -0.2) is 46.2 Å². The molecule has 0 bridgehead atoms. The van der Waals surface area contributed by atoms with Crippen LogP contribution in [0.2, 0.25) is 0 Å². The number of nitrogens with zero attached hydrogens (tertiary/aromatic N) is 1. The lowest BCUT2D eigenvalue weighted by atomic mass is 9.77. The van der Waals surface area contributed by atoms with Crippen LogP contribution < -0.4 is 0 Å². The predicted octanol–water partition coefficient (Wildman–Crippen LogP) is 1.39. The monoisotopic (exact) mass is 269 g/mol. The molecule has 19 heavy (non-hydrogen) atoms. The molecule has 0 spiro atoms. The molecule has 0 aromatic carbocycles. The van der Waals surface area contributed by atoms with Crippen LogP contribution in [0.5, 0.6) is 0 Å². The number of likely N-dealkylation sites (tertiary alicyclic amines) is 1. The van der Waals surface area contributed by atoms with Gasteiger partial charge in [0.1, 0.15) is 0 Å². The van der Waals surface area contributed by atoms with Crippen molar-refractivity contribution in [3.05, 3.63) is 0 Å². The average molecular weight is 269 g/mol. The number of hydrogen-bond acceptors (Lipinski definition) is 3. The Labute approximate surface area is 113 Å². The van der Waals surface area contributed by atoms with Gasteiger partial charge in [0, 0.05) is 19.5 Å². The van der Waals surface area contributed by atoms with Crippen molar-refractivity contribution in [2.75, 3.05) is 13.1 Å². The maximum atomic E-state index is 12.2. The largest absolute Gasteiger partial charge is 0.481 e. The third-order valence-corrected chi connectivity index (χ3v) is 4.52. The van der Waals surface area contributed by atoms with Crippen molar-refractivity contribution in [3.8, 4) is 0 Å². The number of aliphatic hydroxyl groups excluding tert-OH is 1. The third kappa shape index (κ3) is 3.26. The summed E-state index contributed by atoms with van der Waals surface area (Å²) in [7, 11) is 0. The van der Waals surface area contributed by atoms with E-state index in [-0.39, 0.29) is 12.3 Å². The van der Waals surface area contributed by atoms with Crippen molar-refractivity contribution in [1.82, 2.24) is 4.90 Å². The van der Waals surface area contributed by atoms with Crippen LogP contribution in [0.15, 0.2) is 0 Å². The number of amides is 1. The molecule has 2 fully saturated rings. The molecule has 2 N–H and O–H groups in total. The van der Waals surface area contributed by atoms with E-state index in [1.807, 2.05) is 0 Å². The molecule has 2 rings (SSSR count). The Bertz CT molecular complexity index is 347. The lowest BCUT2D eigenvalue weighted by molar-refractivity contribution is -0.154. The van der Waals surface area contributed by atoms with Crippen molar-refractivity contribution >= 4 is 11.9 Å². The van der Waals surface area contributed by atoms with Gasteiger partial charge in [-0.2, -0.15) is 0 Å². The predicted molar refractivity (Wildman–Crippen MR) is 69.6 cm³/mol. The molecule has 0 aromatic heterocycles. The molecule has 1 amide bonds. The molecule has 1 heterocycles. The van der Waals surface area contributed by atoms with Gasteiger partial charge in [0.25, 0.3) is 0 Å². The van der Waals surface area contributed by atoms with Crippen LogP contribution in [-0.2, 0) is 9.59 Å². The highest BCUT2D eigenvalue weighted by Crippen LogP contribution is 2.39. The number of carbonyl (C=O) groups excluding carboxylic acids is 1. The molecule has 1 aliphatic carbocycles. The highest BCUT2D eigenvalue weighted by Gasteiger charge is 2.42. The number of carboxylic acid groups (broad SMARTS) is 1. The zero-order valence-electron chi connectivity index (χ0n) is 11.3. The van der Waals surface area contributed by atoms with Crippen LogP contribution in [0, 0.1) is 5.41 Å². The van der Waals surface area contributed by atoms with Gasteiger partial charge in [0.05, 0.1) is 11.5 Å². The number of aliphatic carboxylic acids is 1. The van der Waals surface area contributed by atoms with Gasteiger partial charge in [-0.3, -0.25) is 9.59 Å². The first-order valence-electron chi connectivity index (χ1n) is 7.23. The standard InChI is InChI=1S/C14H23NO4/c16-11-5-8-15(10-11)12(17)9-14(13(18)19)6-3-1-2-4-7-14/h11,16H,1-10H2,(H,18,19). The normalized spacial score (nSPS) is 27.0. The van der Waals surface area contributed by atoms with E-state index >= 15 is 0 Å². The number of β-amino-alcohol motifs (C(OH)–C–C–N with tert-alkyl or cyclic N) is 1. The van der Waals surface area contributed by atoms with Crippen molar-refractivity contribution < 1.29 is 19.8 Å². The third-order valence-electron chi connectivity index (χ3n) is 4.52. The van der Waals surface area contributed by atoms with E-state index in [9.17, 15) is 19.8 Å². The summed E-state index contributed by atoms with van der Waals surface area (Å²) in [6, 6.07) is 0. The van der Waals surface area contributed by atoms with E-state index in [0.717, 1.165) is 25.7 Å². The van der Waals surface area contributed by atoms with Gasteiger partial charge in [-0.25, -0.2) is 0 Å². The molecule has 5 heteroatoms. The second kappa shape index (κ2) is 5.90. The summed E-state index contributed by atoms with van der Waals surface area (Å²) in [6.45, 7) is 0.907. The molecule has 2 aliphatic rings. The Morgan fingerprint density at radius 2 is 1.79 bits per heavy atom. The average Bonchev–Trinajstić information content (AvgIpc) is 2.65. The molecular weight excluding hydrogens is 246 g/mol. The zero-order valence-corrected chi connectivity index (χ0v) is 11.3. The summed E-state index contributed by atoms with van der Waals surface area (Å²) in [5, 5.41) is 19.0. The van der Waals surface area contributed by atoms with E-state index in [1.165, 1.54) is 0 Å². The molecule has 0 aromatic rings. The zero-order chi connectivity index (χ0) is 13.9. The van der Waals surface area contributed by atoms with Gasteiger partial charge in [-0.15, -0.1) is 0 Å². The van der Waals surface area contributed by atoms with Crippen LogP contribution in [0.25, 0.3) is 0 Å². The topological polar surface area (TPSA) is 77.8 Å². The summed E-state index contributed by atoms with van der Waals surface area (Å²) >= 11 is 0. The molecule has 0 radical (unpaired) electrons. The van der Waals surface area contributed by atoms with Gasteiger partial charge < -0.3 is 15.1 Å². The molecular formula is C14H23NO4. The van der Waals surface area contributed by atoms with Gasteiger partial charge >= 0.3 is 5.97 Å². The minimum atomic E-state index is -0.874. The van der Waals surface area contributed by atoms with Crippen LogP contribution >= 0.6 is 0 Å². The lowest BCUT2D eigenvalue weighted by Gasteiger charge is -2.29. The maximum Gasteiger partial charge on any atom is 0.310 e. The van der Waals surface area contributed by atoms with Crippen LogP contribution in [0.4, 0.5) is 0 Å². The summed E-state index contributed by atoms with van der Waals surface area (Å²) < 4.78 is 0. The SMILES string of the molecule is O=C(CC1(C(=O)O)CCCCCC1)N1CCC(O)C1. The van der Waals surface area contributed by atoms with Crippen molar-refractivity contribution in [2.45, 2.75) is 57.5 Å². The molecule has 5 nitrogen and oxygen atoms in total. The van der Waals surface area contributed by atoms with Crippen LogP contribution in [0.1, 0.15) is 51.4 Å². The van der Waals surface area contributed by atoms with Gasteiger partial charge in [-0.1, -0.05) is 25.7 Å². The Morgan fingerprint density at radius 3 is 2.26 bits per heavy atom. The fourth-order valence-corrected chi connectivity index (χ4v) is 3.24. The molecule has 1 atom stereocenters. The molecule has 1 saturated carbocycles. The highest BCUT2D eigenvalue weighted by atomic mass is 16.4. The van der Waals surface area contributed by atoms with E-state index in [4.69, 9.17) is 0 Å². The van der Waals surface area contributed by atoms with Crippen LogP contribution in [0.3, 0.4) is 0 Å². The Hall–Kier alpha value is -1.10. The number of hydrogen-bond donors (Lipinski definition) is 2. The Kier molecular flexibility index (Phi) is 4.45. The highest BCUT2D eigenvalue weighted by molar-refractivity contribution is 5.85. The second-order valence-corrected chi connectivity index (χ2v) is 5.96. The number of aliphatic hydroxyl groups is 1. The fourth-order valence-electron chi connectivity index (χ4n) is 3.24. The number of carbonyl (C=O) groups is 2. The molecule has 1 saturated heterocycles. The quantitative estimate of drug-likeness (QED) is 0.759. The van der Waals surface area contributed by atoms with Crippen molar-refractivity contribution in [2.24, 2.45) is 5.41 Å². The minimum Gasteiger partial charge on any atom is -0.481 e. The maximum absolute atomic E-state index is 12.2. The fraction of sp³-hybridized carbons (Fsp3) is 0.857. The van der Waals surface area contributed by atoms with Gasteiger partial charge in [0.15, 0.2) is 0 Å². The summed E-state index contributed by atoms with van der Waals surface area (Å²) in [5.74, 6) is -0.941. The number of carboxylic acids is 1. The lowest BCUT2D eigenvalue weighted by Crippen LogP contribution is -2.39. The first-order chi connectivity index (χ1) is 9.03. The Balaban J connectivity index is 2.03. The van der Waals surface area contributed by atoms with E-state index in [1.54, 1.807) is 4.90 Å². The van der Waals surface area contributed by atoms with E-state index < -0.39 is 17.5 Å². The van der Waals surface area contributed by atoms with Gasteiger partial charge in [0.2, 0.25) is 5.91 Å². The van der Waals surface area contributed by atoms with Gasteiger partial charge in [-0.05, 0) is 19.3 Å². The molecule has 108 valence electrons. The van der Waals surface area contributed by atoms with Crippen molar-refractivity contribution in [1.29, 1.82) is 0 Å².